The first kappa shape index (κ1) is 7.88. The van der Waals surface area contributed by atoms with Crippen LogP contribution in [0.15, 0.2) is 0 Å². The zero-order valence-electron chi connectivity index (χ0n) is 6.81. The third-order valence-corrected chi connectivity index (χ3v) is 3.97. The molecule has 64 valence electrons. The molecule has 0 aromatic rings. The van der Waals surface area contributed by atoms with E-state index >= 15 is 0 Å². The Balaban J connectivity index is 2.06. The highest BCUT2D eigenvalue weighted by atomic mass is 35.5. The van der Waals surface area contributed by atoms with E-state index in [9.17, 15) is 0 Å². The molecule has 0 amide bonds. The molecule has 1 nitrogen and oxygen atoms in total. The molecule has 1 saturated heterocycles. The molecule has 1 heterocycles. The number of rotatable bonds is 0. The summed E-state index contributed by atoms with van der Waals surface area (Å²) in [5.74, 6) is 0. The minimum absolute atomic E-state index is 0.436. The Hall–Kier alpha value is 0.250. The summed E-state index contributed by atoms with van der Waals surface area (Å²) in [6.45, 7) is 1.87. The van der Waals surface area contributed by atoms with E-state index in [0.717, 1.165) is 13.2 Å². The summed E-state index contributed by atoms with van der Waals surface area (Å²) >= 11 is 6.29. The van der Waals surface area contributed by atoms with Crippen LogP contribution in [0, 0.1) is 5.41 Å². The monoisotopic (exact) mass is 174 g/mol. The highest BCUT2D eigenvalue weighted by molar-refractivity contribution is 6.21. The molecule has 1 aliphatic heterocycles. The van der Waals surface area contributed by atoms with Gasteiger partial charge in [-0.05, 0) is 31.1 Å². The van der Waals surface area contributed by atoms with Crippen LogP contribution in [-0.4, -0.2) is 18.6 Å². The Labute approximate surface area is 73.1 Å². The molecule has 0 aromatic carbocycles. The highest BCUT2D eigenvalue weighted by Crippen LogP contribution is 2.48. The minimum Gasteiger partial charge on any atom is -0.381 e. The average molecular weight is 175 g/mol. The first-order chi connectivity index (χ1) is 5.33. The quantitative estimate of drug-likeness (QED) is 0.513. The van der Waals surface area contributed by atoms with Gasteiger partial charge in [0.25, 0.3) is 0 Å². The smallest absolute Gasteiger partial charge is 0.0471 e. The average Bonchev–Trinajstić information content (AvgIpc) is 2.36. The molecule has 2 rings (SSSR count). The molecule has 0 radical (unpaired) electrons. The molecular weight excluding hydrogens is 160 g/mol. The fraction of sp³-hybridized carbons (Fsp3) is 1.00. The van der Waals surface area contributed by atoms with Crippen LogP contribution in [0.3, 0.4) is 0 Å². The lowest BCUT2D eigenvalue weighted by atomic mass is 9.78. The van der Waals surface area contributed by atoms with Gasteiger partial charge in [-0.1, -0.05) is 6.42 Å². The Morgan fingerprint density at radius 3 is 2.45 bits per heavy atom. The Bertz CT molecular complexity index is 140. The maximum Gasteiger partial charge on any atom is 0.0471 e. The molecule has 2 heteroatoms. The van der Waals surface area contributed by atoms with Gasteiger partial charge in [0.15, 0.2) is 0 Å². The molecule has 1 aliphatic carbocycles. The Morgan fingerprint density at radius 1 is 1.18 bits per heavy atom. The zero-order chi connectivity index (χ0) is 7.73. The van der Waals surface area contributed by atoms with E-state index in [2.05, 4.69) is 0 Å². The molecule has 1 saturated carbocycles. The van der Waals surface area contributed by atoms with Crippen LogP contribution < -0.4 is 0 Å². The molecule has 0 N–H and O–H groups in total. The summed E-state index contributed by atoms with van der Waals surface area (Å²) in [6, 6.07) is 0. The Morgan fingerprint density at radius 2 is 1.91 bits per heavy atom. The largest absolute Gasteiger partial charge is 0.381 e. The van der Waals surface area contributed by atoms with Crippen molar-refractivity contribution in [2.75, 3.05) is 13.2 Å². The zero-order valence-corrected chi connectivity index (χ0v) is 7.57. The molecule has 2 fully saturated rings. The van der Waals surface area contributed by atoms with Crippen LogP contribution >= 0.6 is 11.6 Å². The number of ether oxygens (including phenoxy) is 1. The maximum atomic E-state index is 6.29. The molecule has 1 unspecified atom stereocenters. The molecule has 1 atom stereocenters. The maximum absolute atomic E-state index is 6.29. The topological polar surface area (TPSA) is 9.23 Å². The van der Waals surface area contributed by atoms with Crippen molar-refractivity contribution in [2.24, 2.45) is 5.41 Å². The fourth-order valence-electron chi connectivity index (χ4n) is 2.44. The second kappa shape index (κ2) is 2.95. The third kappa shape index (κ3) is 1.29. The van der Waals surface area contributed by atoms with Crippen LogP contribution in [-0.2, 0) is 4.74 Å². The molecule has 11 heavy (non-hydrogen) atoms. The van der Waals surface area contributed by atoms with Gasteiger partial charge in [0.05, 0.1) is 0 Å². The molecule has 0 bridgehead atoms. The van der Waals surface area contributed by atoms with Crippen molar-refractivity contribution >= 4 is 11.6 Å². The standard InChI is InChI=1S/C9H15ClO/c10-8-2-1-3-9(8)4-6-11-7-5-9/h8H,1-7H2. The van der Waals surface area contributed by atoms with Crippen molar-refractivity contribution in [1.29, 1.82) is 0 Å². The normalized spacial score (nSPS) is 36.3. The lowest BCUT2D eigenvalue weighted by molar-refractivity contribution is 0.0198. The van der Waals surface area contributed by atoms with Crippen LogP contribution in [0.4, 0.5) is 0 Å². The number of alkyl halides is 1. The first-order valence-electron chi connectivity index (χ1n) is 4.55. The summed E-state index contributed by atoms with van der Waals surface area (Å²) in [5.41, 5.74) is 0.472. The van der Waals surface area contributed by atoms with E-state index in [1.165, 1.54) is 32.1 Å². The van der Waals surface area contributed by atoms with E-state index in [-0.39, 0.29) is 0 Å². The van der Waals surface area contributed by atoms with Crippen LogP contribution in [0.1, 0.15) is 32.1 Å². The van der Waals surface area contributed by atoms with Crippen molar-refractivity contribution < 1.29 is 4.74 Å². The van der Waals surface area contributed by atoms with Gasteiger partial charge in [-0.2, -0.15) is 0 Å². The van der Waals surface area contributed by atoms with Gasteiger partial charge in [-0.15, -0.1) is 11.6 Å². The van der Waals surface area contributed by atoms with Crippen molar-refractivity contribution in [3.63, 3.8) is 0 Å². The number of halogens is 1. The van der Waals surface area contributed by atoms with Gasteiger partial charge < -0.3 is 4.74 Å². The van der Waals surface area contributed by atoms with E-state index in [0.29, 0.717) is 10.8 Å². The summed E-state index contributed by atoms with van der Waals surface area (Å²) in [5, 5.41) is 0.436. The molecule has 0 aromatic heterocycles. The van der Waals surface area contributed by atoms with E-state index in [1.807, 2.05) is 0 Å². The lowest BCUT2D eigenvalue weighted by Crippen LogP contribution is -2.33. The van der Waals surface area contributed by atoms with E-state index in [4.69, 9.17) is 16.3 Å². The predicted octanol–water partition coefficient (Wildman–Crippen LogP) is 2.57. The second-order valence-corrected chi connectivity index (χ2v) is 4.36. The van der Waals surface area contributed by atoms with Crippen molar-refractivity contribution in [3.8, 4) is 0 Å². The van der Waals surface area contributed by atoms with Crippen LogP contribution in [0.5, 0.6) is 0 Å². The van der Waals surface area contributed by atoms with Crippen molar-refractivity contribution in [3.05, 3.63) is 0 Å². The molecule has 2 aliphatic rings. The molecular formula is C9H15ClO. The van der Waals surface area contributed by atoms with Gasteiger partial charge in [0.1, 0.15) is 0 Å². The second-order valence-electron chi connectivity index (χ2n) is 3.83. The highest BCUT2D eigenvalue weighted by Gasteiger charge is 2.42. The van der Waals surface area contributed by atoms with E-state index in [1.54, 1.807) is 0 Å². The van der Waals surface area contributed by atoms with E-state index < -0.39 is 0 Å². The van der Waals surface area contributed by atoms with Gasteiger partial charge in [0, 0.05) is 18.6 Å². The van der Waals surface area contributed by atoms with Gasteiger partial charge in [-0.25, -0.2) is 0 Å². The predicted molar refractivity (Wildman–Crippen MR) is 46.0 cm³/mol. The Kier molecular flexibility index (Phi) is 2.11. The SMILES string of the molecule is ClC1CCCC12CCOCC2. The summed E-state index contributed by atoms with van der Waals surface area (Å²) in [4.78, 5) is 0. The fourth-order valence-corrected chi connectivity index (χ4v) is 2.92. The lowest BCUT2D eigenvalue weighted by Gasteiger charge is -2.35. The van der Waals surface area contributed by atoms with Crippen molar-refractivity contribution in [2.45, 2.75) is 37.5 Å². The first-order valence-corrected chi connectivity index (χ1v) is 4.99. The van der Waals surface area contributed by atoms with Crippen LogP contribution in [0.25, 0.3) is 0 Å². The molecule has 1 spiro atoms. The third-order valence-electron chi connectivity index (χ3n) is 3.29. The van der Waals surface area contributed by atoms with Crippen LogP contribution in [0.2, 0.25) is 0 Å². The summed E-state index contributed by atoms with van der Waals surface area (Å²) in [6.07, 6.45) is 6.28. The summed E-state index contributed by atoms with van der Waals surface area (Å²) < 4.78 is 5.35. The number of hydrogen-bond donors (Lipinski definition) is 0. The van der Waals surface area contributed by atoms with Crippen molar-refractivity contribution in [1.82, 2.24) is 0 Å². The number of hydrogen-bond acceptors (Lipinski definition) is 1. The van der Waals surface area contributed by atoms with Gasteiger partial charge >= 0.3 is 0 Å². The van der Waals surface area contributed by atoms with Gasteiger partial charge in [0.2, 0.25) is 0 Å². The van der Waals surface area contributed by atoms with Gasteiger partial charge in [-0.3, -0.25) is 0 Å². The summed E-state index contributed by atoms with van der Waals surface area (Å²) in [7, 11) is 0. The minimum atomic E-state index is 0.436.